The van der Waals surface area contributed by atoms with Gasteiger partial charge in [0.2, 0.25) is 0 Å². The summed E-state index contributed by atoms with van der Waals surface area (Å²) in [6.45, 7) is 5.22. The van der Waals surface area contributed by atoms with Crippen molar-refractivity contribution in [3.05, 3.63) is 48.5 Å². The number of aromatic nitrogens is 2. The Morgan fingerprint density at radius 2 is 1.73 bits per heavy atom. The first kappa shape index (κ1) is 18.1. The average Bonchev–Trinajstić information content (AvgIpc) is 2.64. The fraction of sp³-hybridized carbons (Fsp3) is 0.333. The second-order valence-corrected chi connectivity index (χ2v) is 6.93. The zero-order valence-electron chi connectivity index (χ0n) is 15.5. The second-order valence-electron chi connectivity index (χ2n) is 6.93. The molecule has 136 valence electrons. The van der Waals surface area contributed by atoms with E-state index >= 15 is 0 Å². The number of benzene rings is 2. The molecule has 0 radical (unpaired) electrons. The van der Waals surface area contributed by atoms with Crippen molar-refractivity contribution < 1.29 is 5.11 Å². The van der Waals surface area contributed by atoms with Gasteiger partial charge in [-0.3, -0.25) is 0 Å². The minimum atomic E-state index is 0.182. The first-order valence-electron chi connectivity index (χ1n) is 9.04. The van der Waals surface area contributed by atoms with Crippen LogP contribution in [-0.4, -0.2) is 34.7 Å². The standard InChI is InChI=1S/C21H26N4O/c1-14(2)12-15(22-3)13-23-20-16-8-4-6-10-18(16)24-21(25-20)17-9-5-7-11-19(17)26/h4-11,14-15,22,26H,12-13H2,1-3H3,(H,23,24,25). The minimum Gasteiger partial charge on any atom is -0.507 e. The summed E-state index contributed by atoms with van der Waals surface area (Å²) in [6.07, 6.45) is 1.08. The maximum Gasteiger partial charge on any atom is 0.165 e. The van der Waals surface area contributed by atoms with Crippen LogP contribution >= 0.6 is 0 Å². The van der Waals surface area contributed by atoms with Gasteiger partial charge in [0.1, 0.15) is 11.6 Å². The Morgan fingerprint density at radius 1 is 1.00 bits per heavy atom. The van der Waals surface area contributed by atoms with Gasteiger partial charge in [-0.15, -0.1) is 0 Å². The number of fused-ring (bicyclic) bond motifs is 1. The number of hydrogen-bond acceptors (Lipinski definition) is 5. The van der Waals surface area contributed by atoms with Gasteiger partial charge in [0.25, 0.3) is 0 Å². The Balaban J connectivity index is 1.97. The van der Waals surface area contributed by atoms with Crippen LogP contribution < -0.4 is 10.6 Å². The smallest absolute Gasteiger partial charge is 0.165 e. The Morgan fingerprint density at radius 3 is 2.46 bits per heavy atom. The van der Waals surface area contributed by atoms with Gasteiger partial charge in [0, 0.05) is 18.0 Å². The van der Waals surface area contributed by atoms with Crippen LogP contribution in [0.4, 0.5) is 5.82 Å². The highest BCUT2D eigenvalue weighted by Crippen LogP contribution is 2.29. The lowest BCUT2D eigenvalue weighted by Crippen LogP contribution is -2.34. The van der Waals surface area contributed by atoms with Crippen molar-refractivity contribution in [3.8, 4) is 17.1 Å². The molecule has 0 saturated heterocycles. The van der Waals surface area contributed by atoms with Crippen LogP contribution in [0.5, 0.6) is 5.75 Å². The number of nitrogens with one attached hydrogen (secondary N) is 2. The molecule has 0 fully saturated rings. The van der Waals surface area contributed by atoms with Crippen LogP contribution in [0.2, 0.25) is 0 Å². The molecule has 26 heavy (non-hydrogen) atoms. The zero-order valence-corrected chi connectivity index (χ0v) is 15.5. The molecule has 0 aliphatic carbocycles. The molecule has 3 rings (SSSR count). The molecule has 1 atom stereocenters. The third-order valence-electron chi connectivity index (χ3n) is 4.43. The van der Waals surface area contributed by atoms with Crippen LogP contribution in [-0.2, 0) is 0 Å². The van der Waals surface area contributed by atoms with Crippen LogP contribution in [0.3, 0.4) is 0 Å². The van der Waals surface area contributed by atoms with Crippen LogP contribution in [0, 0.1) is 5.92 Å². The molecule has 1 heterocycles. The van der Waals surface area contributed by atoms with E-state index in [0.29, 0.717) is 23.3 Å². The lowest BCUT2D eigenvalue weighted by Gasteiger charge is -2.20. The van der Waals surface area contributed by atoms with Crippen molar-refractivity contribution in [1.29, 1.82) is 0 Å². The molecule has 5 nitrogen and oxygen atoms in total. The summed E-state index contributed by atoms with van der Waals surface area (Å²) in [4.78, 5) is 9.34. The van der Waals surface area contributed by atoms with E-state index in [9.17, 15) is 5.11 Å². The van der Waals surface area contributed by atoms with Crippen molar-refractivity contribution in [2.45, 2.75) is 26.3 Å². The monoisotopic (exact) mass is 350 g/mol. The number of aromatic hydroxyl groups is 1. The molecule has 0 bridgehead atoms. The SMILES string of the molecule is CNC(CNc1nc(-c2ccccc2O)nc2ccccc12)CC(C)C. The van der Waals surface area contributed by atoms with Crippen LogP contribution in [0.1, 0.15) is 20.3 Å². The highest BCUT2D eigenvalue weighted by atomic mass is 16.3. The Labute approximate surface area is 154 Å². The number of para-hydroxylation sites is 2. The summed E-state index contributed by atoms with van der Waals surface area (Å²) < 4.78 is 0. The summed E-state index contributed by atoms with van der Waals surface area (Å²) in [5.74, 6) is 2.11. The highest BCUT2D eigenvalue weighted by Gasteiger charge is 2.14. The number of phenols is 1. The van der Waals surface area contributed by atoms with E-state index in [1.165, 1.54) is 0 Å². The zero-order chi connectivity index (χ0) is 18.5. The highest BCUT2D eigenvalue weighted by molar-refractivity contribution is 5.90. The molecule has 5 heteroatoms. The van der Waals surface area contributed by atoms with Crippen LogP contribution in [0.25, 0.3) is 22.3 Å². The summed E-state index contributed by atoms with van der Waals surface area (Å²) in [5, 5.41) is 18.0. The van der Waals surface area contributed by atoms with Gasteiger partial charge >= 0.3 is 0 Å². The van der Waals surface area contributed by atoms with Gasteiger partial charge in [0.05, 0.1) is 11.1 Å². The van der Waals surface area contributed by atoms with E-state index in [0.717, 1.165) is 29.7 Å². The quantitative estimate of drug-likeness (QED) is 0.600. The number of phenolic OH excluding ortho intramolecular Hbond substituents is 1. The third kappa shape index (κ3) is 4.11. The summed E-state index contributed by atoms with van der Waals surface area (Å²) >= 11 is 0. The Hall–Kier alpha value is -2.66. The second kappa shape index (κ2) is 8.15. The molecule has 3 N–H and O–H groups in total. The largest absolute Gasteiger partial charge is 0.507 e. The molecule has 1 unspecified atom stereocenters. The van der Waals surface area contributed by atoms with Crippen molar-refractivity contribution in [2.24, 2.45) is 5.92 Å². The molecule has 0 spiro atoms. The van der Waals surface area contributed by atoms with E-state index in [1.54, 1.807) is 12.1 Å². The number of anilines is 1. The van der Waals surface area contributed by atoms with E-state index in [4.69, 9.17) is 4.98 Å². The molecule has 0 saturated carbocycles. The molecular formula is C21H26N4O. The topological polar surface area (TPSA) is 70.1 Å². The van der Waals surface area contributed by atoms with Gasteiger partial charge in [0.15, 0.2) is 5.82 Å². The van der Waals surface area contributed by atoms with Gasteiger partial charge in [-0.05, 0) is 43.7 Å². The number of rotatable bonds is 7. The average molecular weight is 350 g/mol. The molecule has 0 amide bonds. The molecule has 3 aromatic rings. The van der Waals surface area contributed by atoms with Gasteiger partial charge in [-0.2, -0.15) is 0 Å². The van der Waals surface area contributed by atoms with Gasteiger partial charge < -0.3 is 15.7 Å². The normalized spacial score (nSPS) is 12.5. The van der Waals surface area contributed by atoms with Crippen molar-refractivity contribution in [2.75, 3.05) is 18.9 Å². The van der Waals surface area contributed by atoms with Gasteiger partial charge in [-0.1, -0.05) is 38.1 Å². The van der Waals surface area contributed by atoms with Crippen molar-refractivity contribution in [1.82, 2.24) is 15.3 Å². The number of likely N-dealkylation sites (N-methyl/N-ethyl adjacent to an activating group) is 1. The Bertz CT molecular complexity index is 879. The fourth-order valence-corrected chi connectivity index (χ4v) is 3.09. The predicted molar refractivity (Wildman–Crippen MR) is 107 cm³/mol. The van der Waals surface area contributed by atoms with Gasteiger partial charge in [-0.25, -0.2) is 9.97 Å². The molecule has 0 aliphatic heterocycles. The minimum absolute atomic E-state index is 0.182. The summed E-state index contributed by atoms with van der Waals surface area (Å²) in [5.41, 5.74) is 1.49. The maximum absolute atomic E-state index is 10.2. The molecule has 2 aromatic carbocycles. The first-order valence-corrected chi connectivity index (χ1v) is 9.04. The third-order valence-corrected chi connectivity index (χ3v) is 4.43. The number of nitrogens with zero attached hydrogens (tertiary/aromatic N) is 2. The molecular weight excluding hydrogens is 324 g/mol. The maximum atomic E-state index is 10.2. The summed E-state index contributed by atoms with van der Waals surface area (Å²) in [6, 6.07) is 15.4. The Kier molecular flexibility index (Phi) is 5.68. The van der Waals surface area contributed by atoms with E-state index in [2.05, 4.69) is 29.5 Å². The first-order chi connectivity index (χ1) is 12.6. The lowest BCUT2D eigenvalue weighted by molar-refractivity contribution is 0.457. The van der Waals surface area contributed by atoms with E-state index < -0.39 is 0 Å². The summed E-state index contributed by atoms with van der Waals surface area (Å²) in [7, 11) is 1.99. The van der Waals surface area contributed by atoms with E-state index in [1.807, 2.05) is 43.4 Å². The van der Waals surface area contributed by atoms with Crippen molar-refractivity contribution in [3.63, 3.8) is 0 Å². The van der Waals surface area contributed by atoms with Crippen LogP contribution in [0.15, 0.2) is 48.5 Å². The fourth-order valence-electron chi connectivity index (χ4n) is 3.09. The van der Waals surface area contributed by atoms with Crippen molar-refractivity contribution >= 4 is 16.7 Å². The molecule has 0 aliphatic rings. The lowest BCUT2D eigenvalue weighted by atomic mass is 10.0. The predicted octanol–water partition coefficient (Wildman–Crippen LogP) is 4.05. The molecule has 1 aromatic heterocycles. The number of hydrogen-bond donors (Lipinski definition) is 3. The van der Waals surface area contributed by atoms with E-state index in [-0.39, 0.29) is 5.75 Å².